The first kappa shape index (κ1) is 8.34. The van der Waals surface area contributed by atoms with Crippen LogP contribution < -0.4 is 4.74 Å². The molecule has 3 heteroatoms. The number of alkyl halides is 1. The molecule has 11 heavy (non-hydrogen) atoms. The summed E-state index contributed by atoms with van der Waals surface area (Å²) in [6.45, 7) is -0.460. The van der Waals surface area contributed by atoms with Crippen LogP contribution in [0, 0.1) is 6.07 Å². The molecule has 1 aromatic carbocycles. The number of ether oxygens (including phenoxy) is 1. The Bertz CT molecular complexity index is 227. The van der Waals surface area contributed by atoms with Crippen LogP contribution in [0.25, 0.3) is 0 Å². The van der Waals surface area contributed by atoms with E-state index in [1.54, 1.807) is 18.2 Å². The molecule has 1 radical (unpaired) electrons. The maximum atomic E-state index is 11.6. The molecule has 0 unspecified atom stereocenters. The van der Waals surface area contributed by atoms with Crippen LogP contribution in [0.15, 0.2) is 18.2 Å². The summed E-state index contributed by atoms with van der Waals surface area (Å²) >= 11 is 5.68. The van der Waals surface area contributed by atoms with Crippen molar-refractivity contribution in [1.29, 1.82) is 0 Å². The van der Waals surface area contributed by atoms with Gasteiger partial charge in [0.1, 0.15) is 19.0 Å². The van der Waals surface area contributed by atoms with Crippen molar-refractivity contribution in [1.82, 2.24) is 0 Å². The van der Waals surface area contributed by atoms with Crippen molar-refractivity contribution in [3.63, 3.8) is 0 Å². The molecule has 1 rings (SSSR count). The molecule has 0 N–H and O–H groups in total. The third-order valence-electron chi connectivity index (χ3n) is 1.11. The van der Waals surface area contributed by atoms with Crippen LogP contribution in [0.5, 0.6) is 5.75 Å². The molecule has 0 aliphatic rings. The van der Waals surface area contributed by atoms with Crippen LogP contribution in [0.1, 0.15) is 0 Å². The highest BCUT2D eigenvalue weighted by molar-refractivity contribution is 6.32. The molecule has 1 aromatic rings. The molecule has 59 valence electrons. The Morgan fingerprint density at radius 1 is 1.64 bits per heavy atom. The van der Waals surface area contributed by atoms with E-state index in [9.17, 15) is 4.39 Å². The average Bonchev–Trinajstić information content (AvgIpc) is 2.03. The standard InChI is InChI=1S/C8H7ClFO/c9-7-3-1-2-4-8(7)11-6-5-10/h2-4H,5-6H2. The zero-order valence-corrected chi connectivity index (χ0v) is 6.57. The Morgan fingerprint density at radius 2 is 2.45 bits per heavy atom. The average molecular weight is 174 g/mol. The van der Waals surface area contributed by atoms with Gasteiger partial charge in [0.05, 0.1) is 5.02 Å². The number of hydrogen-bond acceptors (Lipinski definition) is 1. The zero-order valence-electron chi connectivity index (χ0n) is 5.81. The lowest BCUT2D eigenvalue weighted by atomic mass is 10.3. The van der Waals surface area contributed by atoms with Crippen LogP contribution in [0.2, 0.25) is 5.02 Å². The van der Waals surface area contributed by atoms with Crippen LogP contribution >= 0.6 is 11.6 Å². The van der Waals surface area contributed by atoms with Crippen LogP contribution in [0.4, 0.5) is 4.39 Å². The van der Waals surface area contributed by atoms with Gasteiger partial charge in [-0.05, 0) is 18.2 Å². The van der Waals surface area contributed by atoms with E-state index in [0.29, 0.717) is 10.8 Å². The highest BCUT2D eigenvalue weighted by Gasteiger charge is 1.97. The monoisotopic (exact) mass is 173 g/mol. The maximum Gasteiger partial charge on any atom is 0.138 e. The lowest BCUT2D eigenvalue weighted by Crippen LogP contribution is -1.98. The van der Waals surface area contributed by atoms with Gasteiger partial charge in [0.15, 0.2) is 0 Å². The molecular weight excluding hydrogens is 167 g/mol. The number of rotatable bonds is 3. The van der Waals surface area contributed by atoms with Gasteiger partial charge in [0.2, 0.25) is 0 Å². The van der Waals surface area contributed by atoms with Gasteiger partial charge in [-0.1, -0.05) is 17.7 Å². The minimum atomic E-state index is -0.505. The molecule has 0 aromatic heterocycles. The molecule has 0 heterocycles. The van der Waals surface area contributed by atoms with E-state index in [1.165, 1.54) is 0 Å². The molecule has 0 saturated carbocycles. The highest BCUT2D eigenvalue weighted by atomic mass is 35.5. The fraction of sp³-hybridized carbons (Fsp3) is 0.250. The van der Waals surface area contributed by atoms with Gasteiger partial charge in [0.25, 0.3) is 0 Å². The second kappa shape index (κ2) is 4.19. The summed E-state index contributed by atoms with van der Waals surface area (Å²) < 4.78 is 16.6. The second-order valence-corrected chi connectivity index (χ2v) is 2.30. The topological polar surface area (TPSA) is 9.23 Å². The molecular formula is C8H7ClFO. The van der Waals surface area contributed by atoms with Crippen molar-refractivity contribution < 1.29 is 9.13 Å². The lowest BCUT2D eigenvalue weighted by Gasteiger charge is -2.03. The first-order chi connectivity index (χ1) is 5.34. The number of hydrogen-bond donors (Lipinski definition) is 0. The molecule has 1 nitrogen and oxygen atoms in total. The summed E-state index contributed by atoms with van der Waals surface area (Å²) in [6.07, 6.45) is 0. The third-order valence-corrected chi connectivity index (χ3v) is 1.41. The van der Waals surface area contributed by atoms with Crippen molar-refractivity contribution in [2.75, 3.05) is 13.3 Å². The lowest BCUT2D eigenvalue weighted by molar-refractivity contribution is 0.273. The van der Waals surface area contributed by atoms with Gasteiger partial charge < -0.3 is 4.74 Å². The SMILES string of the molecule is FCCOc1cc[c]cc1Cl. The van der Waals surface area contributed by atoms with E-state index >= 15 is 0 Å². The maximum absolute atomic E-state index is 11.6. The van der Waals surface area contributed by atoms with Gasteiger partial charge in [0, 0.05) is 0 Å². The van der Waals surface area contributed by atoms with Crippen molar-refractivity contribution in [2.24, 2.45) is 0 Å². The van der Waals surface area contributed by atoms with Crippen LogP contribution in [0.3, 0.4) is 0 Å². The highest BCUT2D eigenvalue weighted by Crippen LogP contribution is 2.22. The first-order valence-corrected chi connectivity index (χ1v) is 3.57. The Labute approximate surface area is 69.7 Å². The summed E-state index contributed by atoms with van der Waals surface area (Å²) in [4.78, 5) is 0. The fourth-order valence-electron chi connectivity index (χ4n) is 0.661. The van der Waals surface area contributed by atoms with Gasteiger partial charge in [-0.3, -0.25) is 0 Å². The zero-order chi connectivity index (χ0) is 8.10. The van der Waals surface area contributed by atoms with E-state index in [4.69, 9.17) is 16.3 Å². The predicted octanol–water partition coefficient (Wildman–Crippen LogP) is 2.49. The summed E-state index contributed by atoms with van der Waals surface area (Å²) in [5.74, 6) is 0.503. The summed E-state index contributed by atoms with van der Waals surface area (Å²) in [5, 5.41) is 0.459. The Morgan fingerprint density at radius 3 is 3.09 bits per heavy atom. The second-order valence-electron chi connectivity index (χ2n) is 1.89. The van der Waals surface area contributed by atoms with E-state index in [1.807, 2.05) is 0 Å². The Kier molecular flexibility index (Phi) is 3.17. The third kappa shape index (κ3) is 2.39. The molecule has 0 fully saturated rings. The smallest absolute Gasteiger partial charge is 0.138 e. The van der Waals surface area contributed by atoms with Crippen molar-refractivity contribution >= 4 is 11.6 Å². The molecule has 0 atom stereocenters. The summed E-state index contributed by atoms with van der Waals surface area (Å²) in [7, 11) is 0. The van der Waals surface area contributed by atoms with Gasteiger partial charge >= 0.3 is 0 Å². The van der Waals surface area contributed by atoms with E-state index < -0.39 is 6.67 Å². The molecule has 0 saturated heterocycles. The summed E-state index contributed by atoms with van der Waals surface area (Å²) in [5.41, 5.74) is 0. The molecule has 0 aliphatic carbocycles. The minimum absolute atomic E-state index is 0.0454. The van der Waals surface area contributed by atoms with Crippen LogP contribution in [-0.2, 0) is 0 Å². The Balaban J connectivity index is 2.62. The molecule has 0 amide bonds. The number of benzene rings is 1. The van der Waals surface area contributed by atoms with E-state index in [2.05, 4.69) is 6.07 Å². The normalized spacial score (nSPS) is 9.64. The molecule has 0 bridgehead atoms. The van der Waals surface area contributed by atoms with Crippen LogP contribution in [-0.4, -0.2) is 13.3 Å². The van der Waals surface area contributed by atoms with E-state index in [0.717, 1.165) is 0 Å². The molecule has 0 aliphatic heterocycles. The largest absolute Gasteiger partial charge is 0.489 e. The summed E-state index contributed by atoms with van der Waals surface area (Å²) in [6, 6.07) is 7.67. The van der Waals surface area contributed by atoms with Gasteiger partial charge in [-0.2, -0.15) is 0 Å². The number of halogens is 2. The predicted molar refractivity (Wildman–Crippen MR) is 41.8 cm³/mol. The van der Waals surface area contributed by atoms with Crippen molar-refractivity contribution in [2.45, 2.75) is 0 Å². The fourth-order valence-corrected chi connectivity index (χ4v) is 0.842. The quantitative estimate of drug-likeness (QED) is 0.683. The van der Waals surface area contributed by atoms with Crippen molar-refractivity contribution in [3.05, 3.63) is 29.3 Å². The first-order valence-electron chi connectivity index (χ1n) is 3.19. The molecule has 0 spiro atoms. The van der Waals surface area contributed by atoms with E-state index in [-0.39, 0.29) is 6.61 Å². The minimum Gasteiger partial charge on any atom is -0.489 e. The van der Waals surface area contributed by atoms with Gasteiger partial charge in [-0.25, -0.2) is 4.39 Å². The van der Waals surface area contributed by atoms with Crippen molar-refractivity contribution in [3.8, 4) is 5.75 Å². The van der Waals surface area contributed by atoms with Gasteiger partial charge in [-0.15, -0.1) is 0 Å². The Hall–Kier alpha value is -0.760.